The standard InChI is InChI=1S/C24H33N11O8S2/c1-12-2-3-14(9-29-22(25)28-8-13-6-27-7-13)32-34(12)10-16-18(20(37)35(16)45(40,41)42)31-19(36)17(15-11-44-23(26)30-15)33-43-24(4-5-24)21(38)39/h2-3,11-13,16,18,27H,4-10H2,1H3,(H2,26,30)(H,31,36)(H,38,39)(H3,25,28,29)(H,40,41,42). The van der Waals surface area contributed by atoms with Gasteiger partial charge in [0.25, 0.3) is 11.8 Å². The van der Waals surface area contributed by atoms with Crippen molar-refractivity contribution < 1.29 is 37.3 Å². The van der Waals surface area contributed by atoms with Crippen LogP contribution in [0.4, 0.5) is 5.13 Å². The average molecular weight is 668 g/mol. The third-order valence-electron chi connectivity index (χ3n) is 7.61. The van der Waals surface area contributed by atoms with Crippen LogP contribution in [0.3, 0.4) is 0 Å². The Morgan fingerprint density at radius 1 is 1.33 bits per heavy atom. The van der Waals surface area contributed by atoms with Gasteiger partial charge < -0.3 is 37.4 Å². The van der Waals surface area contributed by atoms with Gasteiger partial charge in [-0.2, -0.15) is 13.5 Å². The van der Waals surface area contributed by atoms with E-state index in [0.717, 1.165) is 24.4 Å². The fourth-order valence-electron chi connectivity index (χ4n) is 4.63. The lowest BCUT2D eigenvalue weighted by Gasteiger charge is -2.46. The van der Waals surface area contributed by atoms with Gasteiger partial charge in [-0.25, -0.2) is 19.1 Å². The summed E-state index contributed by atoms with van der Waals surface area (Å²) >= 11 is 0.981. The van der Waals surface area contributed by atoms with E-state index in [-0.39, 0.29) is 53.1 Å². The molecule has 4 heterocycles. The van der Waals surface area contributed by atoms with Crippen LogP contribution in [-0.2, 0) is 29.5 Å². The Morgan fingerprint density at radius 2 is 2.07 bits per heavy atom. The molecule has 244 valence electrons. The van der Waals surface area contributed by atoms with E-state index in [1.165, 1.54) is 10.4 Å². The molecule has 5 rings (SSSR count). The Labute approximate surface area is 261 Å². The molecule has 2 saturated heterocycles. The van der Waals surface area contributed by atoms with Gasteiger partial charge in [-0.05, 0) is 13.0 Å². The molecule has 1 aromatic heterocycles. The van der Waals surface area contributed by atoms with Gasteiger partial charge in [0.1, 0.15) is 11.7 Å². The van der Waals surface area contributed by atoms with Crippen LogP contribution in [0.5, 0.6) is 0 Å². The number of amides is 2. The van der Waals surface area contributed by atoms with Gasteiger partial charge in [0.05, 0.1) is 30.9 Å². The van der Waals surface area contributed by atoms with Crippen LogP contribution >= 0.6 is 11.3 Å². The van der Waals surface area contributed by atoms with Crippen LogP contribution in [0.25, 0.3) is 0 Å². The van der Waals surface area contributed by atoms with Gasteiger partial charge in [0, 0.05) is 43.8 Å². The largest absolute Gasteiger partial charge is 0.478 e. The first-order valence-electron chi connectivity index (χ1n) is 13.9. The van der Waals surface area contributed by atoms with Gasteiger partial charge in [-0.3, -0.25) is 19.2 Å². The quantitative estimate of drug-likeness (QED) is 0.0371. The van der Waals surface area contributed by atoms with Crippen molar-refractivity contribution in [1.82, 2.24) is 30.2 Å². The monoisotopic (exact) mass is 667 g/mol. The molecule has 0 spiro atoms. The number of aliphatic imine (C=N–C) groups is 1. The molecule has 2 amide bonds. The van der Waals surface area contributed by atoms with Crippen molar-refractivity contribution in [3.8, 4) is 0 Å². The van der Waals surface area contributed by atoms with Crippen molar-refractivity contribution >= 4 is 61.9 Å². The molecule has 19 nitrogen and oxygen atoms in total. The van der Waals surface area contributed by atoms with E-state index in [2.05, 4.69) is 36.2 Å². The lowest BCUT2D eigenvalue weighted by Crippen LogP contribution is -2.74. The molecular formula is C24H33N11O8S2. The molecule has 4 aliphatic rings. The summed E-state index contributed by atoms with van der Waals surface area (Å²) in [5, 5.41) is 29.3. The minimum Gasteiger partial charge on any atom is -0.478 e. The summed E-state index contributed by atoms with van der Waals surface area (Å²) in [5.41, 5.74) is 10.0. The van der Waals surface area contributed by atoms with Crippen LogP contribution in [-0.4, -0.2) is 124 Å². The number of oxime groups is 1. The van der Waals surface area contributed by atoms with E-state index >= 15 is 0 Å². The highest BCUT2D eigenvalue weighted by Gasteiger charge is 2.56. The fraction of sp³-hybridized carbons (Fsp3) is 0.542. The predicted octanol–water partition coefficient (Wildman–Crippen LogP) is -2.70. The number of carbonyl (C=O) groups is 3. The third-order valence-corrected chi connectivity index (χ3v) is 9.23. The smallest absolute Gasteiger partial charge is 0.362 e. The summed E-state index contributed by atoms with van der Waals surface area (Å²) < 4.78 is 34.3. The van der Waals surface area contributed by atoms with Crippen molar-refractivity contribution in [2.45, 2.75) is 43.5 Å². The summed E-state index contributed by atoms with van der Waals surface area (Å²) in [6.07, 6.45) is 3.87. The van der Waals surface area contributed by atoms with Crippen LogP contribution < -0.4 is 27.4 Å². The van der Waals surface area contributed by atoms with Gasteiger partial charge in [-0.1, -0.05) is 11.2 Å². The number of guanidine groups is 1. The molecule has 0 radical (unpaired) electrons. The zero-order chi connectivity index (χ0) is 32.5. The van der Waals surface area contributed by atoms with Crippen LogP contribution in [0.15, 0.2) is 32.8 Å². The molecule has 3 atom stereocenters. The number of hydrogen-bond donors (Lipinski definition) is 7. The van der Waals surface area contributed by atoms with Crippen LogP contribution in [0.2, 0.25) is 0 Å². The lowest BCUT2D eigenvalue weighted by atomic mass is 9.97. The van der Waals surface area contributed by atoms with Crippen molar-refractivity contribution in [3.05, 3.63) is 23.2 Å². The van der Waals surface area contributed by atoms with E-state index in [9.17, 15) is 32.5 Å². The highest BCUT2D eigenvalue weighted by atomic mass is 32.2. The first kappa shape index (κ1) is 32.1. The lowest BCUT2D eigenvalue weighted by molar-refractivity contribution is -0.153. The molecule has 3 unspecified atom stereocenters. The minimum absolute atomic E-state index is 0.0474. The molecule has 1 aliphatic carbocycles. The maximum absolute atomic E-state index is 13.4. The number of thiazole rings is 1. The summed E-state index contributed by atoms with van der Waals surface area (Å²) in [5.74, 6) is -2.66. The molecule has 21 heteroatoms. The molecule has 45 heavy (non-hydrogen) atoms. The number of carbonyl (C=O) groups excluding carboxylic acids is 2. The molecule has 0 bridgehead atoms. The molecule has 1 saturated carbocycles. The predicted molar refractivity (Wildman–Crippen MR) is 161 cm³/mol. The molecule has 9 N–H and O–H groups in total. The number of hydrazone groups is 1. The Bertz CT molecular complexity index is 1580. The van der Waals surface area contributed by atoms with Crippen LogP contribution in [0.1, 0.15) is 25.5 Å². The average Bonchev–Trinajstić information content (AvgIpc) is 3.63. The van der Waals surface area contributed by atoms with E-state index in [1.807, 2.05) is 0 Å². The highest BCUT2D eigenvalue weighted by molar-refractivity contribution is 7.84. The number of β-lactam (4-membered cyclic amide) rings is 1. The second-order valence-corrected chi connectivity index (χ2v) is 13.1. The van der Waals surface area contributed by atoms with E-state index < -0.39 is 51.5 Å². The summed E-state index contributed by atoms with van der Waals surface area (Å²) in [7, 11) is -5.01. The van der Waals surface area contributed by atoms with Crippen molar-refractivity contribution in [1.29, 1.82) is 0 Å². The van der Waals surface area contributed by atoms with Gasteiger partial charge in [0.15, 0.2) is 16.8 Å². The third kappa shape index (κ3) is 7.16. The van der Waals surface area contributed by atoms with Gasteiger partial charge in [-0.15, -0.1) is 11.3 Å². The Morgan fingerprint density at radius 3 is 2.64 bits per heavy atom. The van der Waals surface area contributed by atoms with Crippen molar-refractivity contribution in [3.63, 3.8) is 0 Å². The number of aliphatic carboxylic acids is 1. The number of carboxylic acids is 1. The maximum atomic E-state index is 13.4. The van der Waals surface area contributed by atoms with E-state index in [4.69, 9.17) is 16.3 Å². The Hall–Kier alpha value is -4.34. The van der Waals surface area contributed by atoms with Crippen LogP contribution in [0, 0.1) is 5.92 Å². The summed E-state index contributed by atoms with van der Waals surface area (Å²) in [6, 6.07) is -3.08. The molecule has 3 fully saturated rings. The van der Waals surface area contributed by atoms with Crippen molar-refractivity contribution in [2.75, 3.05) is 38.5 Å². The maximum Gasteiger partial charge on any atom is 0.362 e. The highest BCUT2D eigenvalue weighted by Crippen LogP contribution is 2.40. The van der Waals surface area contributed by atoms with Gasteiger partial charge in [0.2, 0.25) is 5.60 Å². The number of nitrogens with zero attached hydrogens (tertiary/aromatic N) is 6. The summed E-state index contributed by atoms with van der Waals surface area (Å²) in [4.78, 5) is 51.3. The van der Waals surface area contributed by atoms with E-state index in [0.29, 0.717) is 18.2 Å². The first-order valence-corrected chi connectivity index (χ1v) is 16.1. The minimum atomic E-state index is -5.01. The molecule has 0 aromatic carbocycles. The van der Waals surface area contributed by atoms with Gasteiger partial charge >= 0.3 is 16.3 Å². The number of nitrogens with one attached hydrogen (secondary N) is 3. The number of anilines is 1. The second kappa shape index (κ2) is 12.6. The van der Waals surface area contributed by atoms with Crippen molar-refractivity contribution in [2.24, 2.45) is 26.9 Å². The number of nitrogens with two attached hydrogens (primary N) is 2. The molecule has 1 aromatic rings. The number of hydrogen-bond acceptors (Lipinski definition) is 14. The Balaban J connectivity index is 1.31. The summed E-state index contributed by atoms with van der Waals surface area (Å²) in [6.45, 7) is 4.16. The number of nitrogen functional groups attached to an aromatic ring is 1. The SMILES string of the molecule is CC1C=CC(CN=C(N)NCC2CNC2)=NN1CC1C(NC(=O)C(=NOC2(C(=O)O)CC2)c2csc(N)n2)C(=O)N1S(=O)(=O)O. The van der Waals surface area contributed by atoms with E-state index in [1.54, 1.807) is 19.1 Å². The number of rotatable bonds is 13. The fourth-order valence-corrected chi connectivity index (χ4v) is 6.05. The molecular weight excluding hydrogens is 634 g/mol. The zero-order valence-electron chi connectivity index (χ0n) is 24.0. The normalized spacial score (nSPS) is 24.8. The molecule has 3 aliphatic heterocycles. The topological polar surface area (TPSA) is 280 Å². The zero-order valence-corrected chi connectivity index (χ0v) is 25.6. The number of aromatic nitrogens is 1. The number of carboxylic acid groups (broad SMARTS) is 1. The Kier molecular flexibility index (Phi) is 8.96. The first-order chi connectivity index (χ1) is 21.3. The second-order valence-electron chi connectivity index (χ2n) is 11.0.